The molecule has 0 aliphatic carbocycles. The molecule has 94 valence electrons. The number of anilines is 3. The van der Waals surface area contributed by atoms with E-state index in [2.05, 4.69) is 20.5 Å². The van der Waals surface area contributed by atoms with E-state index in [1.165, 1.54) is 0 Å². The van der Waals surface area contributed by atoms with Crippen LogP contribution in [0.5, 0.6) is 0 Å². The molecule has 0 saturated carbocycles. The highest BCUT2D eigenvalue weighted by Crippen LogP contribution is 2.28. The van der Waals surface area contributed by atoms with Gasteiger partial charge in [0.15, 0.2) is 11.0 Å². The lowest BCUT2D eigenvalue weighted by molar-refractivity contribution is 0.974. The Kier molecular flexibility index (Phi) is 3.84. The van der Waals surface area contributed by atoms with Gasteiger partial charge in [0.2, 0.25) is 5.28 Å². The van der Waals surface area contributed by atoms with Gasteiger partial charge in [0.05, 0.1) is 11.4 Å². The third-order valence-corrected chi connectivity index (χ3v) is 2.67. The summed E-state index contributed by atoms with van der Waals surface area (Å²) < 4.78 is 0. The molecule has 1 aromatic carbocycles. The second-order valence-electron chi connectivity index (χ2n) is 3.76. The zero-order valence-electron chi connectivity index (χ0n) is 9.85. The van der Waals surface area contributed by atoms with Crippen LogP contribution in [0.15, 0.2) is 24.3 Å². The van der Waals surface area contributed by atoms with E-state index >= 15 is 0 Å². The largest absolute Gasteiger partial charge is 0.376 e. The van der Waals surface area contributed by atoms with E-state index in [1.807, 2.05) is 43.3 Å². The standard InChI is InChI=1S/C11H11Cl2N5/c1-18(2)8-6-4-3-5-7(8)14-10-9(12)16-17-11(13)15-10/h3-6H,1-2H3,(H,14,15,17). The minimum Gasteiger partial charge on any atom is -0.376 e. The molecule has 2 aromatic rings. The van der Waals surface area contributed by atoms with E-state index in [4.69, 9.17) is 23.2 Å². The van der Waals surface area contributed by atoms with Crippen LogP contribution in [0.25, 0.3) is 0 Å². The number of hydrogen-bond donors (Lipinski definition) is 1. The van der Waals surface area contributed by atoms with Gasteiger partial charge in [-0.25, -0.2) is 0 Å². The van der Waals surface area contributed by atoms with Crippen LogP contribution in [-0.2, 0) is 0 Å². The van der Waals surface area contributed by atoms with Gasteiger partial charge >= 0.3 is 0 Å². The van der Waals surface area contributed by atoms with Gasteiger partial charge in [-0.15, -0.1) is 10.2 Å². The van der Waals surface area contributed by atoms with Gasteiger partial charge in [0.25, 0.3) is 0 Å². The van der Waals surface area contributed by atoms with Crippen molar-refractivity contribution in [2.45, 2.75) is 0 Å². The molecule has 0 atom stereocenters. The van der Waals surface area contributed by atoms with Crippen LogP contribution >= 0.6 is 23.2 Å². The summed E-state index contributed by atoms with van der Waals surface area (Å²) in [6.07, 6.45) is 0. The molecular formula is C11H11Cl2N5. The normalized spacial score (nSPS) is 10.2. The quantitative estimate of drug-likeness (QED) is 0.939. The maximum Gasteiger partial charge on any atom is 0.245 e. The van der Waals surface area contributed by atoms with Crippen LogP contribution < -0.4 is 10.2 Å². The number of para-hydroxylation sites is 2. The maximum absolute atomic E-state index is 5.91. The van der Waals surface area contributed by atoms with Crippen molar-refractivity contribution in [3.05, 3.63) is 34.7 Å². The molecule has 1 heterocycles. The second-order valence-corrected chi connectivity index (χ2v) is 4.45. The lowest BCUT2D eigenvalue weighted by atomic mass is 10.2. The zero-order chi connectivity index (χ0) is 13.1. The second kappa shape index (κ2) is 5.37. The molecule has 0 radical (unpaired) electrons. The molecule has 0 saturated heterocycles. The van der Waals surface area contributed by atoms with Crippen LogP contribution in [0, 0.1) is 0 Å². The molecule has 5 nitrogen and oxygen atoms in total. The Morgan fingerprint density at radius 3 is 2.56 bits per heavy atom. The third kappa shape index (κ3) is 2.80. The topological polar surface area (TPSA) is 53.9 Å². The molecule has 0 aliphatic rings. The molecule has 1 N–H and O–H groups in total. The zero-order valence-corrected chi connectivity index (χ0v) is 11.4. The van der Waals surface area contributed by atoms with Crippen LogP contribution in [-0.4, -0.2) is 29.3 Å². The smallest absolute Gasteiger partial charge is 0.245 e. The first-order valence-corrected chi connectivity index (χ1v) is 5.92. The minimum atomic E-state index is 0.0456. The number of nitrogens with zero attached hydrogens (tertiary/aromatic N) is 4. The Morgan fingerprint density at radius 1 is 1.11 bits per heavy atom. The Morgan fingerprint density at radius 2 is 1.83 bits per heavy atom. The summed E-state index contributed by atoms with van der Waals surface area (Å²) in [6.45, 7) is 0. The first-order chi connectivity index (χ1) is 8.58. The van der Waals surface area contributed by atoms with Crippen LogP contribution in [0.2, 0.25) is 10.4 Å². The van der Waals surface area contributed by atoms with Gasteiger partial charge < -0.3 is 10.2 Å². The number of nitrogens with one attached hydrogen (secondary N) is 1. The monoisotopic (exact) mass is 283 g/mol. The van der Waals surface area contributed by atoms with Gasteiger partial charge in [-0.05, 0) is 23.7 Å². The van der Waals surface area contributed by atoms with Gasteiger partial charge in [-0.1, -0.05) is 23.7 Å². The molecule has 0 unspecified atom stereocenters. The van der Waals surface area contributed by atoms with E-state index in [-0.39, 0.29) is 10.4 Å². The van der Waals surface area contributed by atoms with Gasteiger partial charge in [0, 0.05) is 14.1 Å². The number of rotatable bonds is 3. The first kappa shape index (κ1) is 12.9. The summed E-state index contributed by atoms with van der Waals surface area (Å²) in [4.78, 5) is 5.98. The maximum atomic E-state index is 5.91. The highest BCUT2D eigenvalue weighted by atomic mass is 35.5. The van der Waals surface area contributed by atoms with Gasteiger partial charge in [-0.3, -0.25) is 0 Å². The van der Waals surface area contributed by atoms with Crippen molar-refractivity contribution in [1.82, 2.24) is 15.2 Å². The molecule has 0 fully saturated rings. The Bertz CT molecular complexity index is 559. The first-order valence-electron chi connectivity index (χ1n) is 5.17. The summed E-state index contributed by atoms with van der Waals surface area (Å²) in [7, 11) is 3.90. The predicted octanol–water partition coefficient (Wildman–Crippen LogP) is 2.99. The minimum absolute atomic E-state index is 0.0456. The molecule has 0 bridgehead atoms. The molecule has 0 amide bonds. The predicted molar refractivity (Wildman–Crippen MR) is 73.9 cm³/mol. The molecule has 18 heavy (non-hydrogen) atoms. The number of hydrogen-bond acceptors (Lipinski definition) is 5. The number of halogens is 2. The van der Waals surface area contributed by atoms with Crippen molar-refractivity contribution in [2.24, 2.45) is 0 Å². The lowest BCUT2D eigenvalue weighted by Gasteiger charge is -2.18. The van der Waals surface area contributed by atoms with Crippen molar-refractivity contribution in [2.75, 3.05) is 24.3 Å². The Hall–Kier alpha value is -1.59. The van der Waals surface area contributed by atoms with Crippen molar-refractivity contribution in [3.8, 4) is 0 Å². The van der Waals surface area contributed by atoms with Crippen molar-refractivity contribution < 1.29 is 0 Å². The average molecular weight is 284 g/mol. The lowest BCUT2D eigenvalue weighted by Crippen LogP contribution is -2.11. The summed E-state index contributed by atoms with van der Waals surface area (Å²) >= 11 is 11.6. The molecular weight excluding hydrogens is 273 g/mol. The summed E-state index contributed by atoms with van der Waals surface area (Å²) in [5.41, 5.74) is 1.87. The van der Waals surface area contributed by atoms with Crippen LogP contribution in [0.1, 0.15) is 0 Å². The van der Waals surface area contributed by atoms with E-state index in [1.54, 1.807) is 0 Å². The third-order valence-electron chi connectivity index (χ3n) is 2.26. The summed E-state index contributed by atoms with van der Waals surface area (Å²) in [5, 5.41) is 10.6. The van der Waals surface area contributed by atoms with Crippen LogP contribution in [0.3, 0.4) is 0 Å². The Labute approximate surface area is 115 Å². The fraction of sp³-hybridized carbons (Fsp3) is 0.182. The van der Waals surface area contributed by atoms with E-state index < -0.39 is 0 Å². The molecule has 0 spiro atoms. The van der Waals surface area contributed by atoms with E-state index in [9.17, 15) is 0 Å². The number of aromatic nitrogens is 3. The van der Waals surface area contributed by atoms with Crippen molar-refractivity contribution >= 4 is 40.4 Å². The SMILES string of the molecule is CN(C)c1ccccc1Nc1nc(Cl)nnc1Cl. The fourth-order valence-electron chi connectivity index (χ4n) is 1.47. The van der Waals surface area contributed by atoms with E-state index in [0.29, 0.717) is 5.82 Å². The van der Waals surface area contributed by atoms with Crippen molar-refractivity contribution in [1.29, 1.82) is 0 Å². The van der Waals surface area contributed by atoms with E-state index in [0.717, 1.165) is 11.4 Å². The fourth-order valence-corrected chi connectivity index (χ4v) is 1.72. The molecule has 7 heteroatoms. The summed E-state index contributed by atoms with van der Waals surface area (Å²) in [6, 6.07) is 7.76. The van der Waals surface area contributed by atoms with Crippen LogP contribution in [0.4, 0.5) is 17.2 Å². The Balaban J connectivity index is 2.37. The average Bonchev–Trinajstić information content (AvgIpc) is 2.34. The highest BCUT2D eigenvalue weighted by Gasteiger charge is 2.09. The van der Waals surface area contributed by atoms with Gasteiger partial charge in [-0.2, -0.15) is 4.98 Å². The number of benzene rings is 1. The highest BCUT2D eigenvalue weighted by molar-refractivity contribution is 6.32. The van der Waals surface area contributed by atoms with Gasteiger partial charge in [0.1, 0.15) is 0 Å². The molecule has 2 rings (SSSR count). The van der Waals surface area contributed by atoms with Crippen molar-refractivity contribution in [3.63, 3.8) is 0 Å². The molecule has 0 aliphatic heterocycles. The molecule has 1 aromatic heterocycles. The summed E-state index contributed by atoms with van der Waals surface area (Å²) in [5.74, 6) is 0.381.